The van der Waals surface area contributed by atoms with Crippen LogP contribution in [0.1, 0.15) is 11.1 Å². The van der Waals surface area contributed by atoms with E-state index in [9.17, 15) is 0 Å². The van der Waals surface area contributed by atoms with Gasteiger partial charge in [-0.2, -0.15) is 0 Å². The first-order valence-electron chi connectivity index (χ1n) is 6.90. The van der Waals surface area contributed by atoms with E-state index in [4.69, 9.17) is 23.2 Å². The molecule has 0 spiro atoms. The van der Waals surface area contributed by atoms with Crippen molar-refractivity contribution < 1.29 is 0 Å². The van der Waals surface area contributed by atoms with Gasteiger partial charge in [-0.05, 0) is 49.7 Å². The maximum absolute atomic E-state index is 6.25. The van der Waals surface area contributed by atoms with E-state index in [2.05, 4.69) is 36.5 Å². The number of likely N-dealkylation sites (N-methyl/N-ethyl adjacent to an activating group) is 1. The predicted molar refractivity (Wildman–Crippen MR) is 94.9 cm³/mol. The molecule has 0 aliphatic heterocycles. The van der Waals surface area contributed by atoms with E-state index in [1.54, 1.807) is 0 Å². The zero-order valence-corrected chi connectivity index (χ0v) is 14.5. The first kappa shape index (κ1) is 16.7. The van der Waals surface area contributed by atoms with Crippen LogP contribution in [0, 0.1) is 6.92 Å². The zero-order valence-electron chi connectivity index (χ0n) is 12.2. The van der Waals surface area contributed by atoms with Gasteiger partial charge in [0.15, 0.2) is 0 Å². The molecule has 0 aromatic heterocycles. The third-order valence-corrected chi connectivity index (χ3v) is 5.50. The fourth-order valence-corrected chi connectivity index (χ4v) is 3.81. The molecule has 1 atom stereocenters. The standard InChI is InChI=1S/C17H19Cl2NS/c1-12-6-3-4-9-17(12)21-11-13(20-2)10-14-15(18)7-5-8-16(14)19/h3-9,13,20H,10-11H2,1-2H3. The second-order valence-corrected chi connectivity index (χ2v) is 6.84. The Kier molecular flexibility index (Phi) is 6.43. The van der Waals surface area contributed by atoms with E-state index in [-0.39, 0.29) is 0 Å². The van der Waals surface area contributed by atoms with Gasteiger partial charge in [0.25, 0.3) is 0 Å². The lowest BCUT2D eigenvalue weighted by molar-refractivity contribution is 0.617. The molecule has 0 aliphatic carbocycles. The molecule has 1 nitrogen and oxygen atoms in total. The number of rotatable bonds is 6. The van der Waals surface area contributed by atoms with Crippen molar-refractivity contribution >= 4 is 35.0 Å². The van der Waals surface area contributed by atoms with Gasteiger partial charge in [0.1, 0.15) is 0 Å². The lowest BCUT2D eigenvalue weighted by atomic mass is 10.1. The highest BCUT2D eigenvalue weighted by Gasteiger charge is 2.13. The summed E-state index contributed by atoms with van der Waals surface area (Å²) in [6.45, 7) is 2.14. The smallest absolute Gasteiger partial charge is 0.0453 e. The van der Waals surface area contributed by atoms with Crippen LogP contribution in [-0.2, 0) is 6.42 Å². The Bertz CT molecular complexity index is 581. The molecule has 21 heavy (non-hydrogen) atoms. The van der Waals surface area contributed by atoms with Gasteiger partial charge >= 0.3 is 0 Å². The minimum atomic E-state index is 0.326. The van der Waals surface area contributed by atoms with Crippen molar-refractivity contribution in [3.05, 3.63) is 63.6 Å². The quantitative estimate of drug-likeness (QED) is 0.723. The molecule has 0 saturated carbocycles. The predicted octanol–water partition coefficient (Wildman–Crippen LogP) is 5.22. The second-order valence-electron chi connectivity index (χ2n) is 4.97. The normalized spacial score (nSPS) is 12.4. The largest absolute Gasteiger partial charge is 0.316 e. The minimum Gasteiger partial charge on any atom is -0.316 e. The average molecular weight is 340 g/mol. The second kappa shape index (κ2) is 8.09. The molecular weight excluding hydrogens is 321 g/mol. The Balaban J connectivity index is 2.02. The summed E-state index contributed by atoms with van der Waals surface area (Å²) in [5.41, 5.74) is 2.33. The van der Waals surface area contributed by atoms with E-state index in [1.807, 2.05) is 37.0 Å². The average Bonchev–Trinajstić information content (AvgIpc) is 2.48. The molecule has 0 saturated heterocycles. The van der Waals surface area contributed by atoms with Gasteiger partial charge in [0, 0.05) is 26.7 Å². The van der Waals surface area contributed by atoms with Gasteiger partial charge in [-0.1, -0.05) is 47.5 Å². The third-order valence-electron chi connectivity index (χ3n) is 3.45. The number of hydrogen-bond donors (Lipinski definition) is 1. The Morgan fingerprint density at radius 3 is 2.33 bits per heavy atom. The van der Waals surface area contributed by atoms with E-state index < -0.39 is 0 Å². The molecule has 0 fully saturated rings. The summed E-state index contributed by atoms with van der Waals surface area (Å²) >= 11 is 14.4. The molecule has 0 amide bonds. The highest BCUT2D eigenvalue weighted by Crippen LogP contribution is 2.28. The van der Waals surface area contributed by atoms with Crippen LogP contribution in [0.5, 0.6) is 0 Å². The monoisotopic (exact) mass is 339 g/mol. The van der Waals surface area contributed by atoms with Crippen LogP contribution in [-0.4, -0.2) is 18.8 Å². The van der Waals surface area contributed by atoms with Gasteiger partial charge in [-0.3, -0.25) is 0 Å². The van der Waals surface area contributed by atoms with Crippen molar-refractivity contribution in [1.82, 2.24) is 5.32 Å². The Morgan fingerprint density at radius 2 is 1.71 bits per heavy atom. The molecule has 4 heteroatoms. The molecule has 2 aromatic carbocycles. The molecule has 1 unspecified atom stereocenters. The van der Waals surface area contributed by atoms with Gasteiger partial charge in [-0.25, -0.2) is 0 Å². The SMILES string of the molecule is CNC(CSc1ccccc1C)Cc1c(Cl)cccc1Cl. The molecule has 1 N–H and O–H groups in total. The number of hydrogen-bond acceptors (Lipinski definition) is 2. The van der Waals surface area contributed by atoms with Crippen LogP contribution >= 0.6 is 35.0 Å². The van der Waals surface area contributed by atoms with Crippen molar-refractivity contribution in [2.75, 3.05) is 12.8 Å². The molecule has 112 valence electrons. The van der Waals surface area contributed by atoms with E-state index >= 15 is 0 Å². The first-order valence-corrected chi connectivity index (χ1v) is 8.64. The first-order chi connectivity index (χ1) is 10.1. The molecule has 2 rings (SSSR count). The van der Waals surface area contributed by atoms with Crippen molar-refractivity contribution in [2.24, 2.45) is 0 Å². The number of thioether (sulfide) groups is 1. The number of nitrogens with one attached hydrogen (secondary N) is 1. The van der Waals surface area contributed by atoms with Gasteiger partial charge in [0.2, 0.25) is 0 Å². The van der Waals surface area contributed by atoms with E-state index in [1.165, 1.54) is 10.5 Å². The fraction of sp³-hybridized carbons (Fsp3) is 0.294. The molecular formula is C17H19Cl2NS. The summed E-state index contributed by atoms with van der Waals surface area (Å²) in [6.07, 6.45) is 0.827. The highest BCUT2D eigenvalue weighted by atomic mass is 35.5. The van der Waals surface area contributed by atoms with E-state index in [0.29, 0.717) is 6.04 Å². The Hall–Kier alpha value is -0.670. The summed E-state index contributed by atoms with van der Waals surface area (Å²) in [4.78, 5) is 1.32. The van der Waals surface area contributed by atoms with E-state index in [0.717, 1.165) is 27.8 Å². The van der Waals surface area contributed by atoms with Crippen LogP contribution in [0.4, 0.5) is 0 Å². The fourth-order valence-electron chi connectivity index (χ4n) is 2.13. The Labute approximate surface area is 141 Å². The number of benzene rings is 2. The summed E-state index contributed by atoms with van der Waals surface area (Å²) in [6, 6.07) is 14.4. The van der Waals surface area contributed by atoms with Crippen LogP contribution in [0.3, 0.4) is 0 Å². The van der Waals surface area contributed by atoms with Crippen LogP contribution in [0.25, 0.3) is 0 Å². The topological polar surface area (TPSA) is 12.0 Å². The third kappa shape index (κ3) is 4.65. The summed E-state index contributed by atoms with van der Waals surface area (Å²) < 4.78 is 0. The molecule has 0 radical (unpaired) electrons. The number of aryl methyl sites for hydroxylation is 1. The highest BCUT2D eigenvalue weighted by molar-refractivity contribution is 7.99. The van der Waals surface area contributed by atoms with Crippen molar-refractivity contribution in [3.63, 3.8) is 0 Å². The van der Waals surface area contributed by atoms with Gasteiger partial charge in [0.05, 0.1) is 0 Å². The maximum atomic E-state index is 6.25. The lowest BCUT2D eigenvalue weighted by Gasteiger charge is -2.18. The summed E-state index contributed by atoms with van der Waals surface area (Å²) in [5.74, 6) is 0.975. The molecule has 2 aromatic rings. The van der Waals surface area contributed by atoms with Crippen molar-refractivity contribution in [1.29, 1.82) is 0 Å². The van der Waals surface area contributed by atoms with Gasteiger partial charge < -0.3 is 5.32 Å². The maximum Gasteiger partial charge on any atom is 0.0453 e. The van der Waals surface area contributed by atoms with Crippen LogP contribution in [0.2, 0.25) is 10.0 Å². The van der Waals surface area contributed by atoms with Crippen LogP contribution < -0.4 is 5.32 Å². The summed E-state index contributed by atoms with van der Waals surface area (Å²) in [7, 11) is 1.98. The molecule has 0 aliphatic rings. The van der Waals surface area contributed by atoms with Crippen molar-refractivity contribution in [2.45, 2.75) is 24.3 Å². The van der Waals surface area contributed by atoms with Gasteiger partial charge in [-0.15, -0.1) is 11.8 Å². The summed E-state index contributed by atoms with van der Waals surface area (Å²) in [5, 5.41) is 4.84. The molecule has 0 heterocycles. The van der Waals surface area contributed by atoms with Crippen molar-refractivity contribution in [3.8, 4) is 0 Å². The molecule has 0 bridgehead atoms. The minimum absolute atomic E-state index is 0.326. The van der Waals surface area contributed by atoms with Crippen LogP contribution in [0.15, 0.2) is 47.4 Å². The zero-order chi connectivity index (χ0) is 15.2. The number of halogens is 2. The lowest BCUT2D eigenvalue weighted by Crippen LogP contribution is -2.30. The Morgan fingerprint density at radius 1 is 1.05 bits per heavy atom.